The number of hydrogen-bond donors (Lipinski definition) is 4. The lowest BCUT2D eigenvalue weighted by Gasteiger charge is -2.56. The SMILES string of the molecule is CC[Si](CC)(CC)c1cc(Br)nc([C@@]2(C)N=C(NC(=O)O)C(C)(C)[SH]3(=O)NCCC[C@H]23)c1F. The second kappa shape index (κ2) is 9.12. The minimum absolute atomic E-state index is 0.0826. The van der Waals surface area contributed by atoms with Gasteiger partial charge in [0.15, 0.2) is 0 Å². The van der Waals surface area contributed by atoms with Crippen LogP contribution in [0, 0.1) is 5.82 Å². The van der Waals surface area contributed by atoms with Gasteiger partial charge >= 0.3 is 6.09 Å². The summed E-state index contributed by atoms with van der Waals surface area (Å²) in [5.41, 5.74) is -1.14. The van der Waals surface area contributed by atoms with Gasteiger partial charge in [-0.2, -0.15) is 0 Å². The summed E-state index contributed by atoms with van der Waals surface area (Å²) in [6, 6.07) is 4.50. The quantitative estimate of drug-likeness (QED) is 0.247. The zero-order valence-corrected chi connectivity index (χ0v) is 23.7. The van der Waals surface area contributed by atoms with E-state index in [-0.39, 0.29) is 17.3 Å². The van der Waals surface area contributed by atoms with Crippen molar-refractivity contribution in [3.05, 3.63) is 22.2 Å². The van der Waals surface area contributed by atoms with Crippen molar-refractivity contribution in [2.45, 2.75) is 88.1 Å². The minimum Gasteiger partial charge on any atom is -0.465 e. The number of halogens is 2. The molecule has 3 rings (SSSR count). The number of fused-ring (bicyclic) bond motifs is 1. The third kappa shape index (κ3) is 4.02. The predicted molar refractivity (Wildman–Crippen MR) is 139 cm³/mol. The van der Waals surface area contributed by atoms with Gasteiger partial charge in [-0.3, -0.25) is 19.2 Å². The molecule has 11 heteroatoms. The van der Waals surface area contributed by atoms with E-state index < -0.39 is 39.8 Å². The van der Waals surface area contributed by atoms with E-state index in [0.717, 1.165) is 24.6 Å². The van der Waals surface area contributed by atoms with Gasteiger partial charge in [0.05, 0.1) is 18.1 Å². The van der Waals surface area contributed by atoms with Gasteiger partial charge in [-0.25, -0.2) is 14.2 Å². The third-order valence-electron chi connectivity index (χ3n) is 8.08. The second-order valence-electron chi connectivity index (χ2n) is 9.82. The molecular weight excluding hydrogens is 527 g/mol. The molecule has 0 aliphatic carbocycles. The van der Waals surface area contributed by atoms with Crippen molar-refractivity contribution in [2.24, 2.45) is 4.99 Å². The van der Waals surface area contributed by atoms with E-state index in [1.54, 1.807) is 26.8 Å². The number of rotatable bonds is 5. The molecule has 0 spiro atoms. The third-order valence-corrected chi connectivity index (χ3v) is 18.3. The first-order valence-corrected chi connectivity index (χ1v) is 16.8. The zero-order chi connectivity index (χ0) is 24.8. The highest BCUT2D eigenvalue weighted by Gasteiger charge is 2.59. The molecule has 1 saturated heterocycles. The van der Waals surface area contributed by atoms with Crippen LogP contribution in [-0.2, 0) is 15.7 Å². The Kier molecular flexibility index (Phi) is 7.31. The molecule has 2 aliphatic heterocycles. The number of amidine groups is 1. The van der Waals surface area contributed by atoms with E-state index in [2.05, 4.69) is 51.7 Å². The van der Waals surface area contributed by atoms with Gasteiger partial charge < -0.3 is 5.11 Å². The van der Waals surface area contributed by atoms with Crippen LogP contribution in [0.1, 0.15) is 60.1 Å². The van der Waals surface area contributed by atoms with Crippen LogP contribution < -0.4 is 15.2 Å². The van der Waals surface area contributed by atoms with Crippen LogP contribution in [0.5, 0.6) is 0 Å². The van der Waals surface area contributed by atoms with Gasteiger partial charge in [-0.15, -0.1) is 0 Å². The average molecular weight is 564 g/mol. The molecule has 2 aliphatic rings. The van der Waals surface area contributed by atoms with Crippen molar-refractivity contribution >= 4 is 51.2 Å². The Hall–Kier alpha value is -1.17. The second-order valence-corrected chi connectivity index (χ2v) is 19.2. The fraction of sp³-hybridized carbons (Fsp3) is 0.682. The maximum atomic E-state index is 16.4. The number of nitrogens with zero attached hydrogens (tertiary/aromatic N) is 2. The molecule has 0 aromatic carbocycles. The number of carbonyl (C=O) groups is 1. The number of aromatic nitrogens is 1. The van der Waals surface area contributed by atoms with Crippen molar-refractivity contribution < 1.29 is 18.5 Å². The Bertz CT molecular complexity index is 1020. The largest absolute Gasteiger partial charge is 0.465 e. The van der Waals surface area contributed by atoms with Crippen LogP contribution in [0.15, 0.2) is 15.7 Å². The molecule has 33 heavy (non-hydrogen) atoms. The number of amides is 1. The van der Waals surface area contributed by atoms with Gasteiger partial charge in [-0.05, 0) is 70.9 Å². The normalized spacial score (nSPS) is 27.3. The fourth-order valence-electron chi connectivity index (χ4n) is 5.69. The number of carboxylic acid groups (broad SMARTS) is 1. The summed E-state index contributed by atoms with van der Waals surface area (Å²) >= 11 is 3.50. The first-order chi connectivity index (χ1) is 15.3. The summed E-state index contributed by atoms with van der Waals surface area (Å²) in [4.78, 5) is 21.0. The molecule has 1 aromatic heterocycles. The number of nitrogens with one attached hydrogen (secondary N) is 2. The van der Waals surface area contributed by atoms with Crippen LogP contribution in [0.3, 0.4) is 0 Å². The van der Waals surface area contributed by atoms with Crippen LogP contribution in [0.4, 0.5) is 9.18 Å². The lowest BCUT2D eigenvalue weighted by Crippen LogP contribution is -2.70. The van der Waals surface area contributed by atoms with Crippen LogP contribution in [0.25, 0.3) is 0 Å². The van der Waals surface area contributed by atoms with E-state index in [4.69, 9.17) is 4.99 Å². The van der Waals surface area contributed by atoms with Crippen molar-refractivity contribution in [1.29, 1.82) is 0 Å². The van der Waals surface area contributed by atoms with Gasteiger partial charge in [0.25, 0.3) is 0 Å². The van der Waals surface area contributed by atoms with Crippen molar-refractivity contribution in [1.82, 2.24) is 15.0 Å². The molecular formula is C22H36BrFN4O3SSi. The van der Waals surface area contributed by atoms with Crippen LogP contribution in [-0.4, -0.2) is 50.8 Å². The predicted octanol–water partition coefficient (Wildman–Crippen LogP) is 4.06. The minimum atomic E-state index is -3.25. The average Bonchev–Trinajstić information content (AvgIpc) is 2.75. The van der Waals surface area contributed by atoms with Gasteiger partial charge in [0, 0.05) is 6.54 Å². The van der Waals surface area contributed by atoms with E-state index in [1.165, 1.54) is 0 Å². The lowest BCUT2D eigenvalue weighted by molar-refractivity contribution is 0.199. The zero-order valence-electron chi connectivity index (χ0n) is 20.3. The molecule has 1 aromatic rings. The summed E-state index contributed by atoms with van der Waals surface area (Å²) in [6.07, 6.45) is 0.0796. The van der Waals surface area contributed by atoms with E-state index in [1.807, 2.05) is 0 Å². The molecule has 0 bridgehead atoms. The molecule has 186 valence electrons. The van der Waals surface area contributed by atoms with E-state index >= 15 is 4.39 Å². The molecule has 1 amide bonds. The number of pyridine rings is 1. The Labute approximate surface area is 206 Å². The van der Waals surface area contributed by atoms with Crippen LogP contribution in [0.2, 0.25) is 18.1 Å². The maximum Gasteiger partial charge on any atom is 0.410 e. The molecule has 0 saturated carbocycles. The lowest BCUT2D eigenvalue weighted by atomic mass is 9.89. The Morgan fingerprint density at radius 3 is 2.48 bits per heavy atom. The van der Waals surface area contributed by atoms with Crippen molar-refractivity contribution in [2.75, 3.05) is 6.54 Å². The Balaban J connectivity index is 2.36. The van der Waals surface area contributed by atoms with E-state index in [0.29, 0.717) is 22.8 Å². The topological polar surface area (TPSA) is 104 Å². The first kappa shape index (κ1) is 26.4. The molecule has 0 unspecified atom stereocenters. The summed E-state index contributed by atoms with van der Waals surface area (Å²) in [5.74, 6) is -0.299. The number of hydrogen-bond acceptors (Lipinski definition) is 4. The van der Waals surface area contributed by atoms with Gasteiger partial charge in [0.1, 0.15) is 27.5 Å². The van der Waals surface area contributed by atoms with Gasteiger partial charge in [0.2, 0.25) is 0 Å². The highest BCUT2D eigenvalue weighted by Crippen LogP contribution is 2.48. The summed E-state index contributed by atoms with van der Waals surface area (Å²) in [5, 5.41) is 12.0. The Morgan fingerprint density at radius 1 is 1.33 bits per heavy atom. The summed E-state index contributed by atoms with van der Waals surface area (Å²) in [7, 11) is -5.37. The summed E-state index contributed by atoms with van der Waals surface area (Å²) < 4.78 is 33.7. The van der Waals surface area contributed by atoms with Crippen molar-refractivity contribution in [3.63, 3.8) is 0 Å². The highest BCUT2D eigenvalue weighted by atomic mass is 79.9. The van der Waals surface area contributed by atoms with E-state index in [9.17, 15) is 14.1 Å². The Morgan fingerprint density at radius 2 is 1.94 bits per heavy atom. The van der Waals surface area contributed by atoms with Gasteiger partial charge in [-0.1, -0.05) is 38.9 Å². The molecule has 7 nitrogen and oxygen atoms in total. The molecule has 3 heterocycles. The maximum absolute atomic E-state index is 16.4. The molecule has 2 atom stereocenters. The molecule has 1 fully saturated rings. The smallest absolute Gasteiger partial charge is 0.410 e. The number of aliphatic imine (C=N–C) groups is 1. The summed E-state index contributed by atoms with van der Waals surface area (Å²) in [6.45, 7) is 12.1. The standard InChI is InChI=1S/C22H36BrFN4O3SSi/c1-7-33(8-2,9-3)14-13-16(23)26-18(17(14)24)22(6)15-11-10-12-25-32(15,31)21(4,5)19(28-22)27-20(29)30/h13,15,32H,7-12H2,1-6H3,(H,25,31)(H,27,28)(H,29,30)/t15-,22+/m1/s1. The fourth-order valence-corrected chi connectivity index (χ4v) is 13.7. The molecule has 0 radical (unpaired) electrons. The van der Waals surface area contributed by atoms with Crippen LogP contribution >= 0.6 is 15.9 Å². The first-order valence-electron chi connectivity index (χ1n) is 11.6. The monoisotopic (exact) mass is 562 g/mol. The number of thiol groups is 1. The molecule has 3 N–H and O–H groups in total. The van der Waals surface area contributed by atoms with Crippen molar-refractivity contribution in [3.8, 4) is 0 Å². The highest BCUT2D eigenvalue weighted by molar-refractivity contribution is 9.10.